The summed E-state index contributed by atoms with van der Waals surface area (Å²) < 4.78 is 0. The number of nitrogens with zero attached hydrogens (tertiary/aromatic N) is 2. The number of hydrogen-bond donors (Lipinski definition) is 0. The molecule has 1 saturated heterocycles. The maximum Gasteiger partial charge on any atom is 0.0701 e. The highest BCUT2D eigenvalue weighted by molar-refractivity contribution is 5.77. The van der Waals surface area contributed by atoms with Gasteiger partial charge in [-0.1, -0.05) is 37.6 Å². The van der Waals surface area contributed by atoms with Crippen molar-refractivity contribution in [3.05, 3.63) is 42.6 Å². The maximum atomic E-state index is 4.18. The minimum absolute atomic E-state index is 1.06. The van der Waals surface area contributed by atoms with Crippen molar-refractivity contribution in [2.75, 3.05) is 19.6 Å². The Morgan fingerprint density at radius 1 is 1.00 bits per heavy atom. The summed E-state index contributed by atoms with van der Waals surface area (Å²) in [7, 11) is 0. The van der Waals surface area contributed by atoms with Crippen LogP contribution in [0.5, 0.6) is 0 Å². The average Bonchev–Trinajstić information content (AvgIpc) is 2.50. The Kier molecular flexibility index (Phi) is 5.83. The van der Waals surface area contributed by atoms with Gasteiger partial charge in [-0.25, -0.2) is 0 Å². The van der Waals surface area contributed by atoms with Crippen LogP contribution in [0.25, 0.3) is 10.9 Å². The summed E-state index contributed by atoms with van der Waals surface area (Å²) in [5, 5.41) is 1.20. The first-order valence-corrected chi connectivity index (χ1v) is 7.42. The molecule has 0 saturated carbocycles. The van der Waals surface area contributed by atoms with Crippen molar-refractivity contribution in [2.45, 2.75) is 32.6 Å². The molecule has 1 fully saturated rings. The summed E-state index contributed by atoms with van der Waals surface area (Å²) in [6.45, 7) is 6.29. The van der Waals surface area contributed by atoms with E-state index in [0.717, 1.165) is 5.52 Å². The molecular weight excluding hydrogens is 232 g/mol. The summed E-state index contributed by atoms with van der Waals surface area (Å²) in [6, 6.07) is 12.1. The lowest BCUT2D eigenvalue weighted by molar-refractivity contribution is 0.229. The number of para-hydroxylation sites is 1. The fourth-order valence-corrected chi connectivity index (χ4v) is 2.52. The van der Waals surface area contributed by atoms with Gasteiger partial charge in [0.1, 0.15) is 0 Å². The molecule has 102 valence electrons. The van der Waals surface area contributed by atoms with Gasteiger partial charge in [-0.2, -0.15) is 0 Å². The van der Waals surface area contributed by atoms with E-state index in [-0.39, 0.29) is 0 Å². The van der Waals surface area contributed by atoms with E-state index in [2.05, 4.69) is 28.9 Å². The first-order chi connectivity index (χ1) is 9.40. The molecule has 0 atom stereocenters. The standard InChI is InChI=1S/C9H7N.C8H17N/c1-2-6-9-8(4-1)5-3-7-10-9;1-2-6-9-7-4-3-5-8-9/h1-7H;2-8H2,1H3. The molecule has 19 heavy (non-hydrogen) atoms. The van der Waals surface area contributed by atoms with Crippen molar-refractivity contribution < 1.29 is 0 Å². The number of aromatic nitrogens is 1. The Balaban J connectivity index is 0.000000141. The lowest BCUT2D eigenvalue weighted by atomic mass is 10.1. The first-order valence-electron chi connectivity index (χ1n) is 7.42. The third kappa shape index (κ3) is 4.64. The van der Waals surface area contributed by atoms with Crippen LogP contribution in [0.4, 0.5) is 0 Å². The fraction of sp³-hybridized carbons (Fsp3) is 0.471. The van der Waals surface area contributed by atoms with Gasteiger partial charge in [-0.05, 0) is 51.0 Å². The van der Waals surface area contributed by atoms with Crippen LogP contribution in [0, 0.1) is 0 Å². The molecule has 3 rings (SSSR count). The molecule has 2 aromatic rings. The average molecular weight is 256 g/mol. The highest BCUT2D eigenvalue weighted by Crippen LogP contribution is 2.08. The molecule has 1 aliphatic rings. The molecule has 2 heteroatoms. The molecule has 0 unspecified atom stereocenters. The quantitative estimate of drug-likeness (QED) is 0.803. The first kappa shape index (κ1) is 14.0. The van der Waals surface area contributed by atoms with Gasteiger partial charge in [0.25, 0.3) is 0 Å². The molecule has 0 amide bonds. The fourth-order valence-electron chi connectivity index (χ4n) is 2.52. The molecule has 0 radical (unpaired) electrons. The van der Waals surface area contributed by atoms with Gasteiger partial charge in [-0.3, -0.25) is 4.98 Å². The van der Waals surface area contributed by atoms with Crippen molar-refractivity contribution in [3.8, 4) is 0 Å². The van der Waals surface area contributed by atoms with Gasteiger partial charge in [0.15, 0.2) is 0 Å². The zero-order valence-electron chi connectivity index (χ0n) is 11.9. The van der Waals surface area contributed by atoms with Gasteiger partial charge in [0.05, 0.1) is 5.52 Å². The summed E-state index contributed by atoms with van der Waals surface area (Å²) in [5.41, 5.74) is 1.06. The summed E-state index contributed by atoms with van der Waals surface area (Å²) in [4.78, 5) is 6.75. The van der Waals surface area contributed by atoms with E-state index in [1.54, 1.807) is 0 Å². The van der Waals surface area contributed by atoms with Crippen LogP contribution in [0.1, 0.15) is 32.6 Å². The van der Waals surface area contributed by atoms with E-state index in [9.17, 15) is 0 Å². The maximum absolute atomic E-state index is 4.18. The number of piperidine rings is 1. The predicted molar refractivity (Wildman–Crippen MR) is 82.3 cm³/mol. The van der Waals surface area contributed by atoms with Crippen LogP contribution in [-0.2, 0) is 0 Å². The van der Waals surface area contributed by atoms with E-state index in [4.69, 9.17) is 0 Å². The molecule has 0 aliphatic carbocycles. The number of pyridine rings is 1. The number of rotatable bonds is 2. The zero-order chi connectivity index (χ0) is 13.3. The lowest BCUT2D eigenvalue weighted by Gasteiger charge is -2.25. The lowest BCUT2D eigenvalue weighted by Crippen LogP contribution is -2.30. The second-order valence-electron chi connectivity index (χ2n) is 5.10. The van der Waals surface area contributed by atoms with Crippen LogP contribution >= 0.6 is 0 Å². The molecule has 2 heterocycles. The molecule has 1 aromatic heterocycles. The van der Waals surface area contributed by atoms with Crippen molar-refractivity contribution in [1.82, 2.24) is 9.88 Å². The van der Waals surface area contributed by atoms with Gasteiger partial charge < -0.3 is 4.90 Å². The highest BCUT2D eigenvalue weighted by atomic mass is 15.1. The molecular formula is C17H24N2. The third-order valence-corrected chi connectivity index (χ3v) is 3.50. The van der Waals surface area contributed by atoms with Gasteiger partial charge >= 0.3 is 0 Å². The minimum atomic E-state index is 1.06. The van der Waals surface area contributed by atoms with Crippen LogP contribution in [0.2, 0.25) is 0 Å². The van der Waals surface area contributed by atoms with E-state index < -0.39 is 0 Å². The third-order valence-electron chi connectivity index (χ3n) is 3.50. The Morgan fingerprint density at radius 3 is 2.47 bits per heavy atom. The number of fused-ring (bicyclic) bond motifs is 1. The van der Waals surface area contributed by atoms with Crippen molar-refractivity contribution >= 4 is 10.9 Å². The number of likely N-dealkylation sites (tertiary alicyclic amines) is 1. The molecule has 1 aromatic carbocycles. The molecule has 0 bridgehead atoms. The van der Waals surface area contributed by atoms with Gasteiger partial charge in [0, 0.05) is 11.6 Å². The molecule has 0 spiro atoms. The largest absolute Gasteiger partial charge is 0.303 e. The zero-order valence-corrected chi connectivity index (χ0v) is 11.9. The second-order valence-corrected chi connectivity index (χ2v) is 5.10. The molecule has 2 nitrogen and oxygen atoms in total. The topological polar surface area (TPSA) is 16.1 Å². The second kappa shape index (κ2) is 7.90. The van der Waals surface area contributed by atoms with E-state index in [1.165, 1.54) is 50.7 Å². The van der Waals surface area contributed by atoms with Gasteiger partial charge in [-0.15, -0.1) is 0 Å². The van der Waals surface area contributed by atoms with E-state index >= 15 is 0 Å². The Morgan fingerprint density at radius 2 is 1.74 bits per heavy atom. The predicted octanol–water partition coefficient (Wildman–Crippen LogP) is 4.12. The monoisotopic (exact) mass is 256 g/mol. The van der Waals surface area contributed by atoms with Crippen LogP contribution < -0.4 is 0 Å². The number of hydrogen-bond acceptors (Lipinski definition) is 2. The van der Waals surface area contributed by atoms with Crippen molar-refractivity contribution in [2.24, 2.45) is 0 Å². The summed E-state index contributed by atoms with van der Waals surface area (Å²) in [5.74, 6) is 0. The summed E-state index contributed by atoms with van der Waals surface area (Å²) in [6.07, 6.45) is 7.45. The van der Waals surface area contributed by atoms with E-state index in [0.29, 0.717) is 0 Å². The normalized spacial score (nSPS) is 15.8. The number of benzene rings is 1. The van der Waals surface area contributed by atoms with Crippen LogP contribution in [0.3, 0.4) is 0 Å². The van der Waals surface area contributed by atoms with Gasteiger partial charge in [0.2, 0.25) is 0 Å². The highest BCUT2D eigenvalue weighted by Gasteiger charge is 2.07. The minimum Gasteiger partial charge on any atom is -0.303 e. The summed E-state index contributed by atoms with van der Waals surface area (Å²) >= 11 is 0. The molecule has 0 N–H and O–H groups in total. The van der Waals surface area contributed by atoms with E-state index in [1.807, 2.05) is 30.5 Å². The molecule has 1 aliphatic heterocycles. The van der Waals surface area contributed by atoms with Crippen LogP contribution in [-0.4, -0.2) is 29.5 Å². The Labute approximate surface area is 116 Å². The van der Waals surface area contributed by atoms with Crippen molar-refractivity contribution in [1.29, 1.82) is 0 Å². The smallest absolute Gasteiger partial charge is 0.0701 e. The Hall–Kier alpha value is -1.41. The van der Waals surface area contributed by atoms with Crippen molar-refractivity contribution in [3.63, 3.8) is 0 Å². The SMILES string of the molecule is CCCN1CCCCC1.c1ccc2ncccc2c1. The van der Waals surface area contributed by atoms with Crippen LogP contribution in [0.15, 0.2) is 42.6 Å². The Bertz CT molecular complexity index is 407.